The fourth-order valence-corrected chi connectivity index (χ4v) is 2.04. The third-order valence-corrected chi connectivity index (χ3v) is 3.13. The van der Waals surface area contributed by atoms with E-state index in [1.54, 1.807) is 18.3 Å². The highest BCUT2D eigenvalue weighted by atomic mass is 35.5. The maximum absolute atomic E-state index is 6.12. The van der Waals surface area contributed by atoms with Crippen LogP contribution < -0.4 is 5.73 Å². The Kier molecular flexibility index (Phi) is 3.55. The summed E-state index contributed by atoms with van der Waals surface area (Å²) in [5.41, 5.74) is 8.84. The number of hydrogen-bond donors (Lipinski definition) is 1. The molecule has 0 aliphatic heterocycles. The smallest absolute Gasteiger partial charge is 0.126 e. The van der Waals surface area contributed by atoms with E-state index in [9.17, 15) is 0 Å². The average molecular weight is 267 g/mol. The van der Waals surface area contributed by atoms with Crippen molar-refractivity contribution in [1.82, 2.24) is 4.98 Å². The van der Waals surface area contributed by atoms with E-state index in [1.165, 1.54) is 0 Å². The summed E-state index contributed by atoms with van der Waals surface area (Å²) in [6, 6.07) is 7.43. The van der Waals surface area contributed by atoms with E-state index in [0.29, 0.717) is 22.3 Å². The summed E-state index contributed by atoms with van der Waals surface area (Å²) in [5.74, 6) is 0.534. The van der Waals surface area contributed by atoms with Gasteiger partial charge in [0.05, 0.1) is 0 Å². The number of rotatable bonds is 2. The number of pyridine rings is 1. The summed E-state index contributed by atoms with van der Waals surface area (Å²) in [7, 11) is 0. The number of anilines is 1. The quantitative estimate of drug-likeness (QED) is 0.897. The minimum Gasteiger partial charge on any atom is -0.383 e. The lowest BCUT2D eigenvalue weighted by Crippen LogP contribution is -1.99. The van der Waals surface area contributed by atoms with Crippen molar-refractivity contribution in [3.63, 3.8) is 0 Å². The van der Waals surface area contributed by atoms with Crippen molar-refractivity contribution in [2.24, 2.45) is 0 Å². The van der Waals surface area contributed by atoms with Gasteiger partial charge in [0.15, 0.2) is 0 Å². The second kappa shape index (κ2) is 4.94. The molecule has 1 heterocycles. The van der Waals surface area contributed by atoms with Gasteiger partial charge in [-0.05, 0) is 41.8 Å². The molecule has 0 spiro atoms. The molecular weight excluding hydrogens is 255 g/mol. The number of hydrogen-bond acceptors (Lipinski definition) is 2. The average Bonchev–Trinajstić information content (AvgIpc) is 2.28. The molecule has 2 nitrogen and oxygen atoms in total. The Hall–Kier alpha value is -1.25. The monoisotopic (exact) mass is 266 g/mol. The topological polar surface area (TPSA) is 38.9 Å². The molecule has 2 N–H and O–H groups in total. The maximum atomic E-state index is 6.12. The zero-order chi connectivity index (χ0) is 12.4. The molecule has 2 rings (SSSR count). The third-order valence-electron chi connectivity index (χ3n) is 2.53. The predicted octanol–water partition coefficient (Wildman–Crippen LogP) is 3.87. The summed E-state index contributed by atoms with van der Waals surface area (Å²) in [5, 5.41) is 1.36. The number of aryl methyl sites for hydroxylation is 1. The van der Waals surface area contributed by atoms with Crippen molar-refractivity contribution in [2.75, 3.05) is 5.73 Å². The molecule has 4 heteroatoms. The lowest BCUT2D eigenvalue weighted by molar-refractivity contribution is 1.14. The molecule has 0 fully saturated rings. The SMILES string of the molecule is Cc1cnc(N)c(Cc2cc(Cl)ccc2Cl)c1. The Morgan fingerprint density at radius 1 is 1.18 bits per heavy atom. The van der Waals surface area contributed by atoms with Crippen LogP contribution in [0.3, 0.4) is 0 Å². The first-order chi connectivity index (χ1) is 8.06. The Balaban J connectivity index is 2.37. The molecule has 0 bridgehead atoms. The molecule has 2 aromatic rings. The van der Waals surface area contributed by atoms with Gasteiger partial charge in [-0.2, -0.15) is 0 Å². The molecule has 17 heavy (non-hydrogen) atoms. The van der Waals surface area contributed by atoms with Gasteiger partial charge in [-0.1, -0.05) is 29.3 Å². The van der Waals surface area contributed by atoms with Gasteiger partial charge in [0.1, 0.15) is 5.82 Å². The summed E-state index contributed by atoms with van der Waals surface area (Å²) < 4.78 is 0. The number of nitrogen functional groups attached to an aromatic ring is 1. The summed E-state index contributed by atoms with van der Waals surface area (Å²) in [6.45, 7) is 1.98. The van der Waals surface area contributed by atoms with Gasteiger partial charge in [-0.3, -0.25) is 0 Å². The minimum atomic E-state index is 0.534. The highest BCUT2D eigenvalue weighted by Crippen LogP contribution is 2.24. The Morgan fingerprint density at radius 2 is 1.94 bits per heavy atom. The zero-order valence-electron chi connectivity index (χ0n) is 9.37. The van der Waals surface area contributed by atoms with E-state index in [-0.39, 0.29) is 0 Å². The van der Waals surface area contributed by atoms with E-state index in [0.717, 1.165) is 16.7 Å². The van der Waals surface area contributed by atoms with Crippen LogP contribution in [0.1, 0.15) is 16.7 Å². The molecule has 0 aliphatic rings. The van der Waals surface area contributed by atoms with Crippen LogP contribution in [0.2, 0.25) is 10.0 Å². The number of nitrogens with two attached hydrogens (primary N) is 1. The van der Waals surface area contributed by atoms with E-state index in [2.05, 4.69) is 4.98 Å². The Labute approximate surface area is 110 Å². The van der Waals surface area contributed by atoms with Gasteiger partial charge in [0, 0.05) is 22.7 Å². The molecule has 88 valence electrons. The van der Waals surface area contributed by atoms with Gasteiger partial charge >= 0.3 is 0 Å². The van der Waals surface area contributed by atoms with Crippen LogP contribution in [-0.4, -0.2) is 4.98 Å². The maximum Gasteiger partial charge on any atom is 0.126 e. The molecule has 0 saturated heterocycles. The fourth-order valence-electron chi connectivity index (χ4n) is 1.67. The summed E-state index contributed by atoms with van der Waals surface area (Å²) in [4.78, 5) is 4.13. The largest absolute Gasteiger partial charge is 0.383 e. The first-order valence-corrected chi connectivity index (χ1v) is 5.97. The summed E-state index contributed by atoms with van der Waals surface area (Å²) >= 11 is 12.1. The molecule has 0 atom stereocenters. The summed E-state index contributed by atoms with van der Waals surface area (Å²) in [6.07, 6.45) is 2.39. The number of aromatic nitrogens is 1. The van der Waals surface area contributed by atoms with Crippen LogP contribution in [0.4, 0.5) is 5.82 Å². The lowest BCUT2D eigenvalue weighted by atomic mass is 10.0. The van der Waals surface area contributed by atoms with Crippen LogP contribution >= 0.6 is 23.2 Å². The van der Waals surface area contributed by atoms with E-state index >= 15 is 0 Å². The first kappa shape index (κ1) is 12.2. The van der Waals surface area contributed by atoms with E-state index < -0.39 is 0 Å². The van der Waals surface area contributed by atoms with Gasteiger partial charge < -0.3 is 5.73 Å². The lowest BCUT2D eigenvalue weighted by Gasteiger charge is -2.08. The second-order valence-electron chi connectivity index (χ2n) is 3.97. The highest BCUT2D eigenvalue weighted by molar-refractivity contribution is 6.33. The standard InChI is InChI=1S/C13H12Cl2N2/c1-8-4-10(13(16)17-7-8)5-9-6-11(14)2-3-12(9)15/h2-4,6-7H,5H2,1H3,(H2,16,17). The van der Waals surface area contributed by atoms with Crippen molar-refractivity contribution in [1.29, 1.82) is 0 Å². The van der Waals surface area contributed by atoms with Gasteiger partial charge in [0.2, 0.25) is 0 Å². The second-order valence-corrected chi connectivity index (χ2v) is 4.81. The van der Waals surface area contributed by atoms with Crippen molar-refractivity contribution in [2.45, 2.75) is 13.3 Å². The zero-order valence-corrected chi connectivity index (χ0v) is 10.9. The van der Waals surface area contributed by atoms with Crippen LogP contribution in [0.15, 0.2) is 30.5 Å². The molecule has 1 aromatic carbocycles. The first-order valence-electron chi connectivity index (χ1n) is 5.21. The van der Waals surface area contributed by atoms with Crippen molar-refractivity contribution in [3.05, 3.63) is 57.2 Å². The molecular formula is C13H12Cl2N2. The van der Waals surface area contributed by atoms with Crippen LogP contribution in [0, 0.1) is 6.92 Å². The van der Waals surface area contributed by atoms with E-state index in [4.69, 9.17) is 28.9 Å². The van der Waals surface area contributed by atoms with Gasteiger partial charge in [-0.25, -0.2) is 4.98 Å². The van der Waals surface area contributed by atoms with E-state index in [1.807, 2.05) is 19.1 Å². The predicted molar refractivity (Wildman–Crippen MR) is 72.7 cm³/mol. The third kappa shape index (κ3) is 2.90. The number of benzene rings is 1. The molecule has 0 radical (unpaired) electrons. The Bertz CT molecular complexity index is 504. The van der Waals surface area contributed by atoms with Gasteiger partial charge in [-0.15, -0.1) is 0 Å². The number of nitrogens with zero attached hydrogens (tertiary/aromatic N) is 1. The molecule has 0 aliphatic carbocycles. The Morgan fingerprint density at radius 3 is 2.71 bits per heavy atom. The van der Waals surface area contributed by atoms with Crippen LogP contribution in [0.5, 0.6) is 0 Å². The van der Waals surface area contributed by atoms with Gasteiger partial charge in [0.25, 0.3) is 0 Å². The number of halogens is 2. The van der Waals surface area contributed by atoms with Crippen LogP contribution in [-0.2, 0) is 6.42 Å². The van der Waals surface area contributed by atoms with Crippen molar-refractivity contribution >= 4 is 29.0 Å². The van der Waals surface area contributed by atoms with Crippen molar-refractivity contribution < 1.29 is 0 Å². The molecule has 0 unspecified atom stereocenters. The molecule has 0 amide bonds. The molecule has 0 saturated carbocycles. The van der Waals surface area contributed by atoms with Crippen molar-refractivity contribution in [3.8, 4) is 0 Å². The molecule has 1 aromatic heterocycles. The van der Waals surface area contributed by atoms with Crippen LogP contribution in [0.25, 0.3) is 0 Å². The minimum absolute atomic E-state index is 0.534. The fraction of sp³-hybridized carbons (Fsp3) is 0.154. The normalized spacial score (nSPS) is 10.5. The highest BCUT2D eigenvalue weighted by Gasteiger charge is 2.06.